The maximum Gasteiger partial charge on any atom is 0.150 e. The summed E-state index contributed by atoms with van der Waals surface area (Å²) in [6, 6.07) is 18.6. The molecule has 0 saturated heterocycles. The first-order valence-corrected chi connectivity index (χ1v) is 7.27. The molecule has 0 aliphatic carbocycles. The zero-order chi connectivity index (χ0) is 14.7. The molecule has 3 rings (SSSR count). The van der Waals surface area contributed by atoms with Crippen LogP contribution in [0.3, 0.4) is 0 Å². The quantitative estimate of drug-likeness (QED) is 0.730. The maximum atomic E-state index is 10.4. The second kappa shape index (κ2) is 6.16. The monoisotopic (exact) mass is 344 g/mol. The van der Waals surface area contributed by atoms with Crippen LogP contribution in [0.5, 0.6) is 11.5 Å². The predicted molar refractivity (Wildman–Crippen MR) is 83.4 cm³/mol. The molecule has 3 aromatic rings. The molecule has 0 aliphatic rings. The summed E-state index contributed by atoms with van der Waals surface area (Å²) in [4.78, 5) is 0. The largest absolute Gasteiger partial charge is 0.465 e. The van der Waals surface area contributed by atoms with Crippen LogP contribution >= 0.6 is 15.9 Å². The van der Waals surface area contributed by atoms with E-state index in [0.29, 0.717) is 17.1 Å². The Bertz CT molecular complexity index is 722. The molecule has 4 heteroatoms. The third-order valence-electron chi connectivity index (χ3n) is 3.05. The molecule has 1 heterocycles. The smallest absolute Gasteiger partial charge is 0.150 e. The minimum atomic E-state index is -0.839. The van der Waals surface area contributed by atoms with Gasteiger partial charge in [0.05, 0.1) is 10.7 Å². The highest BCUT2D eigenvalue weighted by atomic mass is 79.9. The van der Waals surface area contributed by atoms with Gasteiger partial charge >= 0.3 is 0 Å². The molecule has 3 nitrogen and oxygen atoms in total. The van der Waals surface area contributed by atoms with E-state index in [4.69, 9.17) is 9.15 Å². The van der Waals surface area contributed by atoms with Crippen molar-refractivity contribution in [3.63, 3.8) is 0 Å². The summed E-state index contributed by atoms with van der Waals surface area (Å²) in [7, 11) is 0. The fourth-order valence-electron chi connectivity index (χ4n) is 2.02. The molecule has 2 aromatic carbocycles. The van der Waals surface area contributed by atoms with Crippen molar-refractivity contribution < 1.29 is 14.3 Å². The van der Waals surface area contributed by atoms with Gasteiger partial charge < -0.3 is 14.3 Å². The molecule has 1 N–H and O–H groups in total. The van der Waals surface area contributed by atoms with E-state index in [-0.39, 0.29) is 0 Å². The number of ether oxygens (including phenoxy) is 1. The fraction of sp³-hybridized carbons (Fsp3) is 0.0588. The predicted octanol–water partition coefficient (Wildman–Crippen LogP) is 4.92. The number of halogens is 1. The van der Waals surface area contributed by atoms with Crippen LogP contribution in [-0.2, 0) is 0 Å². The van der Waals surface area contributed by atoms with E-state index in [2.05, 4.69) is 15.9 Å². The first-order valence-electron chi connectivity index (χ1n) is 6.48. The van der Waals surface area contributed by atoms with Gasteiger partial charge in [0.15, 0.2) is 5.76 Å². The van der Waals surface area contributed by atoms with Crippen molar-refractivity contribution in [2.24, 2.45) is 0 Å². The van der Waals surface area contributed by atoms with Gasteiger partial charge in [-0.05, 0) is 51.8 Å². The average Bonchev–Trinajstić information content (AvgIpc) is 2.94. The van der Waals surface area contributed by atoms with Gasteiger partial charge in [0, 0.05) is 0 Å². The summed E-state index contributed by atoms with van der Waals surface area (Å²) in [5, 5.41) is 10.4. The lowest BCUT2D eigenvalue weighted by Crippen LogP contribution is -1.99. The Hall–Kier alpha value is -2.04. The van der Waals surface area contributed by atoms with Gasteiger partial charge in [-0.3, -0.25) is 0 Å². The van der Waals surface area contributed by atoms with E-state index < -0.39 is 6.10 Å². The molecule has 1 unspecified atom stereocenters. The van der Waals surface area contributed by atoms with E-state index in [1.165, 1.54) is 6.26 Å². The van der Waals surface area contributed by atoms with Gasteiger partial charge in [0.1, 0.15) is 17.6 Å². The summed E-state index contributed by atoms with van der Waals surface area (Å²) in [6.07, 6.45) is 0.696. The zero-order valence-electron chi connectivity index (χ0n) is 11.1. The first-order chi connectivity index (χ1) is 10.2. The number of hydrogen-bond donors (Lipinski definition) is 1. The molecule has 0 radical (unpaired) electrons. The van der Waals surface area contributed by atoms with Crippen molar-refractivity contribution in [1.82, 2.24) is 0 Å². The highest BCUT2D eigenvalue weighted by Gasteiger charge is 2.17. The summed E-state index contributed by atoms with van der Waals surface area (Å²) in [6.45, 7) is 0. The number of hydrogen-bond acceptors (Lipinski definition) is 3. The second-order valence-electron chi connectivity index (χ2n) is 4.52. The van der Waals surface area contributed by atoms with Crippen LogP contribution in [-0.4, -0.2) is 5.11 Å². The molecule has 0 aliphatic heterocycles. The maximum absolute atomic E-state index is 10.4. The van der Waals surface area contributed by atoms with Crippen molar-refractivity contribution in [3.8, 4) is 11.5 Å². The fourth-order valence-corrected chi connectivity index (χ4v) is 2.44. The van der Waals surface area contributed by atoms with Crippen molar-refractivity contribution in [1.29, 1.82) is 0 Å². The number of aliphatic hydroxyl groups is 1. The lowest BCUT2D eigenvalue weighted by molar-refractivity contribution is 0.188. The van der Waals surface area contributed by atoms with Crippen molar-refractivity contribution in [2.75, 3.05) is 0 Å². The van der Waals surface area contributed by atoms with E-state index in [1.807, 2.05) is 48.5 Å². The van der Waals surface area contributed by atoms with Crippen LogP contribution in [0.4, 0.5) is 0 Å². The number of rotatable bonds is 4. The second-order valence-corrected chi connectivity index (χ2v) is 5.38. The summed E-state index contributed by atoms with van der Waals surface area (Å²) >= 11 is 3.35. The van der Waals surface area contributed by atoms with Crippen molar-refractivity contribution in [3.05, 3.63) is 82.7 Å². The number of furan rings is 1. The van der Waals surface area contributed by atoms with Crippen molar-refractivity contribution >= 4 is 15.9 Å². The van der Waals surface area contributed by atoms with Crippen molar-refractivity contribution in [2.45, 2.75) is 6.10 Å². The Morgan fingerprint density at radius 1 is 0.952 bits per heavy atom. The van der Waals surface area contributed by atoms with E-state index in [9.17, 15) is 5.11 Å². The molecular formula is C17H13BrO3. The van der Waals surface area contributed by atoms with Crippen LogP contribution < -0.4 is 4.74 Å². The third-order valence-corrected chi connectivity index (χ3v) is 3.70. The Kier molecular flexibility index (Phi) is 4.08. The topological polar surface area (TPSA) is 42.6 Å². The average molecular weight is 345 g/mol. The van der Waals surface area contributed by atoms with Gasteiger partial charge in [0.25, 0.3) is 0 Å². The number of aliphatic hydroxyl groups excluding tert-OH is 1. The SMILES string of the molecule is OC(c1cccc(Oc2ccccc2)c1)c1occc1Br. The third kappa shape index (κ3) is 3.17. The number of benzene rings is 2. The molecule has 0 bridgehead atoms. The molecule has 1 aromatic heterocycles. The van der Waals surface area contributed by atoms with Gasteiger partial charge in [-0.25, -0.2) is 0 Å². The molecule has 0 spiro atoms. The Balaban J connectivity index is 1.85. The van der Waals surface area contributed by atoms with Gasteiger partial charge in [-0.15, -0.1) is 0 Å². The molecule has 0 saturated carbocycles. The minimum Gasteiger partial charge on any atom is -0.465 e. The van der Waals surface area contributed by atoms with Crippen LogP contribution in [0.2, 0.25) is 0 Å². The molecule has 106 valence electrons. The molecule has 0 fully saturated rings. The lowest BCUT2D eigenvalue weighted by atomic mass is 10.1. The number of para-hydroxylation sites is 1. The van der Waals surface area contributed by atoms with E-state index in [0.717, 1.165) is 10.2 Å². The van der Waals surface area contributed by atoms with Crippen LogP contribution in [0.25, 0.3) is 0 Å². The zero-order valence-corrected chi connectivity index (χ0v) is 12.7. The highest BCUT2D eigenvalue weighted by Crippen LogP contribution is 2.31. The Morgan fingerprint density at radius 3 is 2.43 bits per heavy atom. The van der Waals surface area contributed by atoms with Crippen LogP contribution in [0.1, 0.15) is 17.4 Å². The molecule has 0 amide bonds. The first kappa shape index (κ1) is 13.9. The van der Waals surface area contributed by atoms with Gasteiger partial charge in [-0.1, -0.05) is 30.3 Å². The van der Waals surface area contributed by atoms with Gasteiger partial charge in [-0.2, -0.15) is 0 Å². The standard InChI is InChI=1S/C17H13BrO3/c18-15-9-10-20-17(15)16(19)12-5-4-8-14(11-12)21-13-6-2-1-3-7-13/h1-11,16,19H. The Morgan fingerprint density at radius 2 is 1.71 bits per heavy atom. The lowest BCUT2D eigenvalue weighted by Gasteiger charge is -2.11. The highest BCUT2D eigenvalue weighted by molar-refractivity contribution is 9.10. The Labute approximate surface area is 130 Å². The normalized spacial score (nSPS) is 12.1. The molecule has 1 atom stereocenters. The molecule has 21 heavy (non-hydrogen) atoms. The summed E-state index contributed by atoms with van der Waals surface area (Å²) in [5.74, 6) is 1.90. The summed E-state index contributed by atoms with van der Waals surface area (Å²) in [5.41, 5.74) is 0.707. The minimum absolute atomic E-state index is 0.479. The van der Waals surface area contributed by atoms with Crippen LogP contribution in [0.15, 0.2) is 75.8 Å². The van der Waals surface area contributed by atoms with Crippen LogP contribution in [0, 0.1) is 0 Å². The van der Waals surface area contributed by atoms with E-state index >= 15 is 0 Å². The molecular weight excluding hydrogens is 332 g/mol. The van der Waals surface area contributed by atoms with Gasteiger partial charge in [0.2, 0.25) is 0 Å². The van der Waals surface area contributed by atoms with E-state index in [1.54, 1.807) is 12.1 Å². The summed E-state index contributed by atoms with van der Waals surface area (Å²) < 4.78 is 11.8.